The van der Waals surface area contributed by atoms with Crippen molar-refractivity contribution >= 4 is 34.7 Å². The highest BCUT2D eigenvalue weighted by atomic mass is 16.1. The molecule has 2 N–H and O–H groups in total. The minimum atomic E-state index is -0.109. The SMILES string of the molecule is CCN(c1ccccc1)c1cc(C)nc(Nc2cccc(NC(C)=O)c2)n1. The Bertz CT molecular complexity index is 927. The van der Waals surface area contributed by atoms with Gasteiger partial charge in [0.2, 0.25) is 11.9 Å². The number of carbonyl (C=O) groups is 1. The van der Waals surface area contributed by atoms with Crippen molar-refractivity contribution in [3.05, 3.63) is 66.4 Å². The molecule has 0 aliphatic carbocycles. The van der Waals surface area contributed by atoms with E-state index in [1.54, 1.807) is 0 Å². The third-order valence-corrected chi connectivity index (χ3v) is 3.94. The molecular weight excluding hydrogens is 338 g/mol. The van der Waals surface area contributed by atoms with Crippen molar-refractivity contribution in [2.24, 2.45) is 0 Å². The van der Waals surface area contributed by atoms with Crippen LogP contribution in [0.3, 0.4) is 0 Å². The van der Waals surface area contributed by atoms with Gasteiger partial charge in [0.25, 0.3) is 0 Å². The summed E-state index contributed by atoms with van der Waals surface area (Å²) in [4.78, 5) is 22.6. The lowest BCUT2D eigenvalue weighted by Gasteiger charge is -2.23. The normalized spacial score (nSPS) is 10.3. The predicted molar refractivity (Wildman–Crippen MR) is 110 cm³/mol. The summed E-state index contributed by atoms with van der Waals surface area (Å²) in [7, 11) is 0. The van der Waals surface area contributed by atoms with Crippen molar-refractivity contribution in [1.82, 2.24) is 9.97 Å². The summed E-state index contributed by atoms with van der Waals surface area (Å²) in [5.74, 6) is 1.23. The molecule has 1 heterocycles. The van der Waals surface area contributed by atoms with Crippen molar-refractivity contribution in [2.45, 2.75) is 20.8 Å². The Balaban J connectivity index is 1.88. The number of nitrogens with one attached hydrogen (secondary N) is 2. The molecule has 6 nitrogen and oxygen atoms in total. The lowest BCUT2D eigenvalue weighted by molar-refractivity contribution is -0.114. The molecule has 27 heavy (non-hydrogen) atoms. The summed E-state index contributed by atoms with van der Waals surface area (Å²) in [5.41, 5.74) is 3.48. The summed E-state index contributed by atoms with van der Waals surface area (Å²) in [5, 5.41) is 6.00. The first-order valence-electron chi connectivity index (χ1n) is 8.88. The molecule has 3 rings (SSSR count). The highest BCUT2D eigenvalue weighted by molar-refractivity contribution is 5.89. The van der Waals surface area contributed by atoms with Crippen LogP contribution in [0.5, 0.6) is 0 Å². The Hall–Kier alpha value is -3.41. The third-order valence-electron chi connectivity index (χ3n) is 3.94. The Labute approximate surface area is 159 Å². The van der Waals surface area contributed by atoms with E-state index in [-0.39, 0.29) is 5.91 Å². The summed E-state index contributed by atoms with van der Waals surface area (Å²) < 4.78 is 0. The molecule has 1 aromatic heterocycles. The Morgan fingerprint density at radius 3 is 2.44 bits per heavy atom. The standard InChI is InChI=1S/C21H23N5O/c1-4-26(19-11-6-5-7-12-19)20-13-15(2)22-21(25-20)24-18-10-8-9-17(14-18)23-16(3)27/h5-14H,4H2,1-3H3,(H,23,27)(H,22,24,25). The van der Waals surface area contributed by atoms with Crippen LogP contribution < -0.4 is 15.5 Å². The van der Waals surface area contributed by atoms with Crippen LogP contribution in [0.2, 0.25) is 0 Å². The molecule has 0 unspecified atom stereocenters. The lowest BCUT2D eigenvalue weighted by Crippen LogP contribution is -2.18. The molecule has 2 aromatic carbocycles. The van der Waals surface area contributed by atoms with Gasteiger partial charge >= 0.3 is 0 Å². The van der Waals surface area contributed by atoms with Crippen molar-refractivity contribution in [1.29, 1.82) is 0 Å². The van der Waals surface area contributed by atoms with Crippen molar-refractivity contribution in [2.75, 3.05) is 22.1 Å². The number of nitrogens with zero attached hydrogens (tertiary/aromatic N) is 3. The summed E-state index contributed by atoms with van der Waals surface area (Å²) in [6.45, 7) is 6.31. The molecule has 0 saturated heterocycles. The van der Waals surface area contributed by atoms with E-state index in [4.69, 9.17) is 0 Å². The number of aromatic nitrogens is 2. The van der Waals surface area contributed by atoms with E-state index >= 15 is 0 Å². The fourth-order valence-electron chi connectivity index (χ4n) is 2.84. The zero-order valence-corrected chi connectivity index (χ0v) is 15.7. The number of aryl methyl sites for hydroxylation is 1. The van der Waals surface area contributed by atoms with Gasteiger partial charge in [-0.05, 0) is 44.2 Å². The highest BCUT2D eigenvalue weighted by Gasteiger charge is 2.11. The van der Waals surface area contributed by atoms with E-state index in [2.05, 4.69) is 44.6 Å². The van der Waals surface area contributed by atoms with Crippen LogP contribution in [-0.2, 0) is 4.79 Å². The number of hydrogen-bond donors (Lipinski definition) is 2. The van der Waals surface area contributed by atoms with Crippen LogP contribution in [0.1, 0.15) is 19.5 Å². The third kappa shape index (κ3) is 4.82. The molecule has 0 radical (unpaired) electrons. The van der Waals surface area contributed by atoms with Gasteiger partial charge in [-0.2, -0.15) is 4.98 Å². The average molecular weight is 361 g/mol. The number of rotatable bonds is 6. The molecule has 138 valence electrons. The van der Waals surface area contributed by atoms with Crippen LogP contribution in [0.4, 0.5) is 28.8 Å². The smallest absolute Gasteiger partial charge is 0.229 e. The minimum absolute atomic E-state index is 0.109. The topological polar surface area (TPSA) is 70.2 Å². The quantitative estimate of drug-likeness (QED) is 0.669. The fourth-order valence-corrected chi connectivity index (χ4v) is 2.84. The molecule has 0 saturated carbocycles. The number of carbonyl (C=O) groups excluding carboxylic acids is 1. The first kappa shape index (κ1) is 18.4. The molecule has 6 heteroatoms. The zero-order chi connectivity index (χ0) is 19.2. The molecule has 0 spiro atoms. The van der Waals surface area contributed by atoms with E-state index in [0.717, 1.165) is 35.1 Å². The van der Waals surface area contributed by atoms with Crippen molar-refractivity contribution in [3.8, 4) is 0 Å². The van der Waals surface area contributed by atoms with Crippen molar-refractivity contribution in [3.63, 3.8) is 0 Å². The number of benzene rings is 2. The number of para-hydroxylation sites is 1. The predicted octanol–water partition coefficient (Wildman–Crippen LogP) is 4.65. The highest BCUT2D eigenvalue weighted by Crippen LogP contribution is 2.26. The van der Waals surface area contributed by atoms with Crippen LogP contribution in [0.25, 0.3) is 0 Å². The summed E-state index contributed by atoms with van der Waals surface area (Å²) in [6, 6.07) is 19.6. The van der Waals surface area contributed by atoms with Crippen LogP contribution in [0.15, 0.2) is 60.7 Å². The van der Waals surface area contributed by atoms with Crippen LogP contribution in [0, 0.1) is 6.92 Å². The van der Waals surface area contributed by atoms with E-state index in [1.807, 2.05) is 55.5 Å². The lowest BCUT2D eigenvalue weighted by atomic mass is 10.2. The summed E-state index contributed by atoms with van der Waals surface area (Å²) in [6.07, 6.45) is 0. The Kier molecular flexibility index (Phi) is 5.66. The Morgan fingerprint density at radius 1 is 1.00 bits per heavy atom. The van der Waals surface area contributed by atoms with E-state index in [1.165, 1.54) is 6.92 Å². The van der Waals surface area contributed by atoms with Gasteiger partial charge in [-0.15, -0.1) is 0 Å². The molecule has 0 aliphatic heterocycles. The molecule has 0 bridgehead atoms. The first-order chi connectivity index (χ1) is 13.0. The molecule has 0 fully saturated rings. The monoisotopic (exact) mass is 361 g/mol. The van der Waals surface area contributed by atoms with Crippen molar-refractivity contribution < 1.29 is 4.79 Å². The number of hydrogen-bond acceptors (Lipinski definition) is 5. The molecular formula is C21H23N5O. The second kappa shape index (κ2) is 8.31. The second-order valence-corrected chi connectivity index (χ2v) is 6.16. The van der Waals surface area contributed by atoms with Gasteiger partial charge in [-0.3, -0.25) is 4.79 Å². The van der Waals surface area contributed by atoms with Crippen LogP contribution >= 0.6 is 0 Å². The second-order valence-electron chi connectivity index (χ2n) is 6.16. The summed E-state index contributed by atoms with van der Waals surface area (Å²) >= 11 is 0. The van der Waals surface area contributed by atoms with Gasteiger partial charge in [-0.1, -0.05) is 24.3 Å². The van der Waals surface area contributed by atoms with Gasteiger partial charge in [-0.25, -0.2) is 4.98 Å². The largest absolute Gasteiger partial charge is 0.326 e. The van der Waals surface area contributed by atoms with E-state index in [0.29, 0.717) is 5.95 Å². The molecule has 1 amide bonds. The van der Waals surface area contributed by atoms with Gasteiger partial charge in [0.1, 0.15) is 5.82 Å². The van der Waals surface area contributed by atoms with Gasteiger partial charge in [0.15, 0.2) is 0 Å². The molecule has 3 aromatic rings. The van der Waals surface area contributed by atoms with Gasteiger partial charge < -0.3 is 15.5 Å². The molecule has 0 aliphatic rings. The zero-order valence-electron chi connectivity index (χ0n) is 15.7. The van der Waals surface area contributed by atoms with Gasteiger partial charge in [0.05, 0.1) is 0 Å². The number of amides is 1. The van der Waals surface area contributed by atoms with E-state index in [9.17, 15) is 4.79 Å². The van der Waals surface area contributed by atoms with Crippen LogP contribution in [-0.4, -0.2) is 22.4 Å². The fraction of sp³-hybridized carbons (Fsp3) is 0.190. The van der Waals surface area contributed by atoms with E-state index < -0.39 is 0 Å². The maximum Gasteiger partial charge on any atom is 0.229 e. The first-order valence-corrected chi connectivity index (χ1v) is 8.88. The Morgan fingerprint density at radius 2 is 1.74 bits per heavy atom. The maximum atomic E-state index is 11.3. The maximum absolute atomic E-state index is 11.3. The minimum Gasteiger partial charge on any atom is -0.326 e. The number of anilines is 5. The molecule has 0 atom stereocenters. The average Bonchev–Trinajstić information content (AvgIpc) is 2.62. The van der Waals surface area contributed by atoms with Gasteiger partial charge in [0, 0.05) is 42.3 Å².